The molecule has 29 heavy (non-hydrogen) atoms. The number of hydrogen-bond acceptors (Lipinski definition) is 5. The molecular weight excluding hydrogens is 370 g/mol. The molecule has 1 saturated carbocycles. The van der Waals surface area contributed by atoms with Crippen LogP contribution >= 0.6 is 0 Å². The Kier molecular flexibility index (Phi) is 5.56. The number of benzene rings is 1. The second-order valence-corrected chi connectivity index (χ2v) is 8.04. The highest BCUT2D eigenvalue weighted by Crippen LogP contribution is 2.33. The van der Waals surface area contributed by atoms with Crippen LogP contribution in [-0.2, 0) is 4.74 Å². The van der Waals surface area contributed by atoms with Gasteiger partial charge in [-0.3, -0.25) is 4.79 Å². The fourth-order valence-electron chi connectivity index (χ4n) is 3.87. The molecule has 2 heterocycles. The second-order valence-electron chi connectivity index (χ2n) is 8.04. The zero-order chi connectivity index (χ0) is 20.4. The first kappa shape index (κ1) is 19.5. The second kappa shape index (κ2) is 8.27. The molecule has 0 N–H and O–H groups in total. The minimum atomic E-state index is -0.259. The van der Waals surface area contributed by atoms with Gasteiger partial charge >= 0.3 is 6.09 Å². The normalized spacial score (nSPS) is 17.4. The van der Waals surface area contributed by atoms with Gasteiger partial charge in [0.1, 0.15) is 0 Å². The maximum Gasteiger partial charge on any atom is 0.410 e. The summed E-state index contributed by atoms with van der Waals surface area (Å²) in [4.78, 5) is 33.1. The SMILES string of the molecule is CC(C)OC(=O)N1CCC(N(C(=O)c2ccc(-c3cnco3)cc2)C2CC2)CC1. The standard InChI is InChI=1S/C22H27N3O4/c1-15(2)29-22(27)24-11-9-19(10-12-24)25(18-7-8-18)21(26)17-5-3-16(4-6-17)20-13-23-14-28-20/h3-6,13-15,18-19H,7-12H2,1-2H3. The van der Waals surface area contributed by atoms with Crippen molar-refractivity contribution in [2.24, 2.45) is 0 Å². The number of aromatic nitrogens is 1. The van der Waals surface area contributed by atoms with E-state index >= 15 is 0 Å². The number of hydrogen-bond donors (Lipinski definition) is 0. The van der Waals surface area contributed by atoms with E-state index in [9.17, 15) is 9.59 Å². The van der Waals surface area contributed by atoms with E-state index in [0.29, 0.717) is 30.5 Å². The van der Waals surface area contributed by atoms with Gasteiger partial charge in [0, 0.05) is 36.3 Å². The van der Waals surface area contributed by atoms with Gasteiger partial charge < -0.3 is 19.0 Å². The minimum Gasteiger partial charge on any atom is -0.447 e. The molecule has 4 rings (SSSR count). The van der Waals surface area contributed by atoms with E-state index in [4.69, 9.17) is 9.15 Å². The van der Waals surface area contributed by atoms with Crippen LogP contribution in [0.15, 0.2) is 41.3 Å². The fraction of sp³-hybridized carbons (Fsp3) is 0.500. The van der Waals surface area contributed by atoms with Crippen molar-refractivity contribution in [2.45, 2.75) is 57.7 Å². The summed E-state index contributed by atoms with van der Waals surface area (Å²) >= 11 is 0. The molecule has 0 atom stereocenters. The number of rotatable bonds is 5. The van der Waals surface area contributed by atoms with Crippen molar-refractivity contribution in [1.29, 1.82) is 0 Å². The number of amides is 2. The van der Waals surface area contributed by atoms with Crippen molar-refractivity contribution in [1.82, 2.24) is 14.8 Å². The molecule has 7 nitrogen and oxygen atoms in total. The van der Waals surface area contributed by atoms with Crippen LogP contribution in [0, 0.1) is 0 Å². The highest BCUT2D eigenvalue weighted by molar-refractivity contribution is 5.95. The lowest BCUT2D eigenvalue weighted by molar-refractivity contribution is 0.0451. The Morgan fingerprint density at radius 3 is 2.31 bits per heavy atom. The zero-order valence-corrected chi connectivity index (χ0v) is 16.9. The molecule has 0 radical (unpaired) electrons. The van der Waals surface area contributed by atoms with Crippen LogP contribution in [0.2, 0.25) is 0 Å². The summed E-state index contributed by atoms with van der Waals surface area (Å²) in [5, 5.41) is 0. The predicted octanol–water partition coefficient (Wildman–Crippen LogP) is 3.96. The lowest BCUT2D eigenvalue weighted by Gasteiger charge is -2.38. The maximum absolute atomic E-state index is 13.3. The summed E-state index contributed by atoms with van der Waals surface area (Å²) in [6, 6.07) is 7.96. The molecule has 2 aromatic rings. The monoisotopic (exact) mass is 397 g/mol. The summed E-state index contributed by atoms with van der Waals surface area (Å²) in [5.41, 5.74) is 1.58. The topological polar surface area (TPSA) is 75.9 Å². The third kappa shape index (κ3) is 4.44. The van der Waals surface area contributed by atoms with Gasteiger partial charge in [0.2, 0.25) is 0 Å². The number of piperidine rings is 1. The molecule has 2 amide bonds. The third-order valence-corrected chi connectivity index (χ3v) is 5.48. The number of nitrogens with zero attached hydrogens (tertiary/aromatic N) is 3. The smallest absolute Gasteiger partial charge is 0.410 e. The number of likely N-dealkylation sites (tertiary alicyclic amines) is 1. The van der Waals surface area contributed by atoms with Crippen LogP contribution in [0.5, 0.6) is 0 Å². The van der Waals surface area contributed by atoms with Gasteiger partial charge in [-0.2, -0.15) is 0 Å². The van der Waals surface area contributed by atoms with Crippen LogP contribution in [0.4, 0.5) is 4.79 Å². The molecule has 1 aliphatic carbocycles. The van der Waals surface area contributed by atoms with E-state index in [1.54, 1.807) is 11.1 Å². The Labute approximate surface area is 170 Å². The van der Waals surface area contributed by atoms with E-state index in [1.165, 1.54) is 6.39 Å². The van der Waals surface area contributed by atoms with Crippen molar-refractivity contribution < 1.29 is 18.7 Å². The lowest BCUT2D eigenvalue weighted by atomic mass is 10.0. The Hall–Kier alpha value is -2.83. The average molecular weight is 397 g/mol. The molecule has 1 aliphatic heterocycles. The van der Waals surface area contributed by atoms with Gasteiger partial charge in [-0.05, 0) is 51.7 Å². The molecule has 0 bridgehead atoms. The van der Waals surface area contributed by atoms with Crippen LogP contribution in [0.25, 0.3) is 11.3 Å². The number of carbonyl (C=O) groups excluding carboxylic acids is 2. The van der Waals surface area contributed by atoms with Gasteiger partial charge in [0.15, 0.2) is 12.2 Å². The molecule has 2 fully saturated rings. The summed E-state index contributed by atoms with van der Waals surface area (Å²) < 4.78 is 10.6. The summed E-state index contributed by atoms with van der Waals surface area (Å²) in [5.74, 6) is 0.753. The summed E-state index contributed by atoms with van der Waals surface area (Å²) in [6.45, 7) is 4.95. The molecular formula is C22H27N3O4. The van der Waals surface area contributed by atoms with Crippen molar-refractivity contribution in [3.05, 3.63) is 42.4 Å². The van der Waals surface area contributed by atoms with E-state index in [0.717, 1.165) is 31.2 Å². The first-order chi connectivity index (χ1) is 14.0. The average Bonchev–Trinajstić information content (AvgIpc) is 3.39. The van der Waals surface area contributed by atoms with E-state index in [-0.39, 0.29) is 24.1 Å². The molecule has 2 aliphatic rings. The van der Waals surface area contributed by atoms with Crippen LogP contribution < -0.4 is 0 Å². The predicted molar refractivity (Wildman–Crippen MR) is 107 cm³/mol. The molecule has 154 valence electrons. The highest BCUT2D eigenvalue weighted by atomic mass is 16.6. The van der Waals surface area contributed by atoms with Crippen molar-refractivity contribution in [3.63, 3.8) is 0 Å². The molecule has 0 unspecified atom stereocenters. The van der Waals surface area contributed by atoms with Crippen molar-refractivity contribution in [3.8, 4) is 11.3 Å². The maximum atomic E-state index is 13.3. The molecule has 0 spiro atoms. The molecule has 1 aromatic carbocycles. The van der Waals surface area contributed by atoms with Gasteiger partial charge in [-0.15, -0.1) is 0 Å². The first-order valence-electron chi connectivity index (χ1n) is 10.3. The highest BCUT2D eigenvalue weighted by Gasteiger charge is 2.39. The Balaban J connectivity index is 1.42. The van der Waals surface area contributed by atoms with Crippen molar-refractivity contribution in [2.75, 3.05) is 13.1 Å². The van der Waals surface area contributed by atoms with Gasteiger partial charge in [-0.1, -0.05) is 12.1 Å². The molecule has 1 saturated heterocycles. The van der Waals surface area contributed by atoms with Crippen molar-refractivity contribution >= 4 is 12.0 Å². The van der Waals surface area contributed by atoms with Gasteiger partial charge in [0.25, 0.3) is 5.91 Å². The minimum absolute atomic E-state index is 0.0693. The van der Waals surface area contributed by atoms with Crippen LogP contribution in [0.1, 0.15) is 49.9 Å². The zero-order valence-electron chi connectivity index (χ0n) is 16.9. The molecule has 1 aromatic heterocycles. The number of oxazole rings is 1. The Bertz CT molecular complexity index is 835. The fourth-order valence-corrected chi connectivity index (χ4v) is 3.87. The third-order valence-electron chi connectivity index (χ3n) is 5.48. The lowest BCUT2D eigenvalue weighted by Crippen LogP contribution is -2.50. The first-order valence-corrected chi connectivity index (χ1v) is 10.3. The quantitative estimate of drug-likeness (QED) is 0.763. The van der Waals surface area contributed by atoms with E-state index in [1.807, 2.05) is 38.1 Å². The van der Waals surface area contributed by atoms with Gasteiger partial charge in [0.05, 0.1) is 12.3 Å². The summed E-state index contributed by atoms with van der Waals surface area (Å²) in [6.07, 6.45) is 6.35. The summed E-state index contributed by atoms with van der Waals surface area (Å²) in [7, 11) is 0. The van der Waals surface area contributed by atoms with E-state index in [2.05, 4.69) is 9.88 Å². The Morgan fingerprint density at radius 1 is 1.10 bits per heavy atom. The van der Waals surface area contributed by atoms with Crippen LogP contribution in [0.3, 0.4) is 0 Å². The number of carbonyl (C=O) groups is 2. The van der Waals surface area contributed by atoms with Gasteiger partial charge in [-0.25, -0.2) is 9.78 Å². The molecule has 7 heteroatoms. The number of ether oxygens (including phenoxy) is 1. The van der Waals surface area contributed by atoms with E-state index < -0.39 is 0 Å². The Morgan fingerprint density at radius 2 is 1.76 bits per heavy atom. The largest absolute Gasteiger partial charge is 0.447 e. The van der Waals surface area contributed by atoms with Crippen LogP contribution in [-0.4, -0.2) is 58.1 Å².